The molecule has 3 nitrogen and oxygen atoms in total. The number of hydrogen-bond donors (Lipinski definition) is 1. The zero-order chi connectivity index (χ0) is 6.85. The van der Waals surface area contributed by atoms with Crippen LogP contribution in [0.3, 0.4) is 0 Å². The Bertz CT molecular complexity index is 131. The summed E-state index contributed by atoms with van der Waals surface area (Å²) in [7, 11) is 0. The monoisotopic (exact) mass is 128 g/mol. The van der Waals surface area contributed by atoms with E-state index in [0.717, 1.165) is 5.84 Å². The van der Waals surface area contributed by atoms with Crippen molar-refractivity contribution in [2.75, 3.05) is 0 Å². The van der Waals surface area contributed by atoms with Crippen LogP contribution >= 0.6 is 0 Å². The second-order valence-electron chi connectivity index (χ2n) is 2.49. The van der Waals surface area contributed by atoms with Crippen LogP contribution in [-0.4, -0.2) is 12.1 Å². The first-order chi connectivity index (χ1) is 4.20. The van der Waals surface area contributed by atoms with E-state index in [4.69, 9.17) is 4.84 Å². The summed E-state index contributed by atoms with van der Waals surface area (Å²) in [5.74, 6) is 1.39. The summed E-state index contributed by atoms with van der Waals surface area (Å²) in [4.78, 5) is 9.14. The number of hydrogen-bond acceptors (Lipinski definition) is 3. The summed E-state index contributed by atoms with van der Waals surface area (Å²) < 4.78 is 0. The topological polar surface area (TPSA) is 33.6 Å². The predicted octanol–water partition coefficient (Wildman–Crippen LogP) is 0.922. The fraction of sp³-hybridized carbons (Fsp3) is 0.833. The van der Waals surface area contributed by atoms with Crippen LogP contribution in [0.5, 0.6) is 0 Å². The molecule has 0 aliphatic carbocycles. The molecule has 0 saturated carbocycles. The van der Waals surface area contributed by atoms with Gasteiger partial charge in [-0.05, 0) is 6.92 Å². The summed E-state index contributed by atoms with van der Waals surface area (Å²) in [6, 6.07) is 0. The van der Waals surface area contributed by atoms with Gasteiger partial charge in [0.25, 0.3) is 0 Å². The van der Waals surface area contributed by atoms with Crippen molar-refractivity contribution in [3.05, 3.63) is 0 Å². The summed E-state index contributed by atoms with van der Waals surface area (Å²) >= 11 is 0. The maximum absolute atomic E-state index is 4.97. The van der Waals surface area contributed by atoms with Gasteiger partial charge in [0, 0.05) is 5.92 Å². The Morgan fingerprint density at radius 1 is 1.67 bits per heavy atom. The van der Waals surface area contributed by atoms with Crippen LogP contribution in [0.1, 0.15) is 20.8 Å². The normalized spacial score (nSPS) is 26.2. The summed E-state index contributed by atoms with van der Waals surface area (Å²) in [5.41, 5.74) is 2.76. The molecule has 0 aromatic carbocycles. The number of hydroxylamine groups is 1. The van der Waals surface area contributed by atoms with Crippen LogP contribution in [0.15, 0.2) is 4.99 Å². The van der Waals surface area contributed by atoms with E-state index in [0.29, 0.717) is 5.92 Å². The molecule has 0 spiro atoms. The van der Waals surface area contributed by atoms with Gasteiger partial charge in [-0.25, -0.2) is 9.83 Å². The highest BCUT2D eigenvalue weighted by Gasteiger charge is 2.14. The number of nitrogens with zero attached hydrogens (tertiary/aromatic N) is 1. The molecule has 9 heavy (non-hydrogen) atoms. The van der Waals surface area contributed by atoms with Crippen molar-refractivity contribution in [3.63, 3.8) is 0 Å². The second-order valence-corrected chi connectivity index (χ2v) is 2.49. The van der Waals surface area contributed by atoms with Gasteiger partial charge in [-0.15, -0.1) is 0 Å². The smallest absolute Gasteiger partial charge is 0.174 e. The Kier molecular flexibility index (Phi) is 1.71. The van der Waals surface area contributed by atoms with Crippen molar-refractivity contribution in [1.29, 1.82) is 0 Å². The third-order valence-corrected chi connectivity index (χ3v) is 1.20. The van der Waals surface area contributed by atoms with Crippen molar-refractivity contribution < 1.29 is 4.84 Å². The van der Waals surface area contributed by atoms with Crippen molar-refractivity contribution >= 4 is 5.84 Å². The first kappa shape index (κ1) is 6.55. The lowest BCUT2D eigenvalue weighted by atomic mass is 10.2. The van der Waals surface area contributed by atoms with Gasteiger partial charge in [-0.1, -0.05) is 13.8 Å². The molecule has 0 fully saturated rings. The van der Waals surface area contributed by atoms with E-state index in [1.54, 1.807) is 0 Å². The molecule has 0 bridgehead atoms. The van der Waals surface area contributed by atoms with Crippen molar-refractivity contribution in [2.24, 2.45) is 10.9 Å². The number of rotatable bonds is 1. The Morgan fingerprint density at radius 2 is 2.33 bits per heavy atom. The van der Waals surface area contributed by atoms with Crippen LogP contribution in [0.2, 0.25) is 0 Å². The number of nitrogens with one attached hydrogen (secondary N) is 1. The number of amidine groups is 1. The predicted molar refractivity (Wildman–Crippen MR) is 36.0 cm³/mol. The van der Waals surface area contributed by atoms with E-state index in [9.17, 15) is 0 Å². The lowest BCUT2D eigenvalue weighted by molar-refractivity contribution is 0.0491. The molecule has 0 radical (unpaired) electrons. The van der Waals surface area contributed by atoms with Gasteiger partial charge in [-0.2, -0.15) is 0 Å². The lowest BCUT2D eigenvalue weighted by Gasteiger charge is -2.01. The van der Waals surface area contributed by atoms with Crippen LogP contribution in [0.25, 0.3) is 0 Å². The van der Waals surface area contributed by atoms with Gasteiger partial charge < -0.3 is 0 Å². The minimum absolute atomic E-state index is 0.0117. The van der Waals surface area contributed by atoms with Crippen molar-refractivity contribution in [3.8, 4) is 0 Å². The molecule has 1 rings (SSSR count). The average molecular weight is 128 g/mol. The van der Waals surface area contributed by atoms with E-state index in [2.05, 4.69) is 24.3 Å². The Labute approximate surface area is 55.1 Å². The van der Waals surface area contributed by atoms with Crippen LogP contribution in [0, 0.1) is 5.92 Å². The zero-order valence-corrected chi connectivity index (χ0v) is 6.01. The van der Waals surface area contributed by atoms with E-state index in [-0.39, 0.29) is 6.23 Å². The molecule has 1 heterocycles. The van der Waals surface area contributed by atoms with Gasteiger partial charge in [0.2, 0.25) is 0 Å². The molecule has 52 valence electrons. The molecule has 1 N–H and O–H groups in total. The molecule has 3 heteroatoms. The maximum Gasteiger partial charge on any atom is 0.174 e. The van der Waals surface area contributed by atoms with Gasteiger partial charge >= 0.3 is 0 Å². The fourth-order valence-electron chi connectivity index (χ4n) is 0.661. The van der Waals surface area contributed by atoms with Crippen LogP contribution in [0.4, 0.5) is 0 Å². The summed E-state index contributed by atoms with van der Waals surface area (Å²) in [6.45, 7) is 6.06. The van der Waals surface area contributed by atoms with Gasteiger partial charge in [-0.3, -0.25) is 5.48 Å². The SMILES string of the molecule is CC1N=C(C(C)C)NO1. The lowest BCUT2D eigenvalue weighted by Crippen LogP contribution is -2.22. The van der Waals surface area contributed by atoms with Gasteiger partial charge in [0.05, 0.1) is 0 Å². The first-order valence-corrected chi connectivity index (χ1v) is 3.19. The molecule has 0 aromatic heterocycles. The van der Waals surface area contributed by atoms with Crippen LogP contribution < -0.4 is 5.48 Å². The standard InChI is InChI=1S/C6H12N2O/c1-4(2)6-7-5(3)9-8-6/h4-5H,1-3H3,(H,7,8). The molecule has 0 aromatic rings. The van der Waals surface area contributed by atoms with E-state index < -0.39 is 0 Å². The van der Waals surface area contributed by atoms with Gasteiger partial charge in [0.15, 0.2) is 6.23 Å². The van der Waals surface area contributed by atoms with E-state index in [1.165, 1.54) is 0 Å². The average Bonchev–Trinajstić information content (AvgIpc) is 2.14. The summed E-state index contributed by atoms with van der Waals surface area (Å²) in [5, 5.41) is 0. The highest BCUT2D eigenvalue weighted by atomic mass is 16.7. The molecule has 0 amide bonds. The van der Waals surface area contributed by atoms with E-state index in [1.807, 2.05) is 6.92 Å². The zero-order valence-electron chi connectivity index (χ0n) is 6.01. The molecular weight excluding hydrogens is 116 g/mol. The Hall–Kier alpha value is -0.570. The van der Waals surface area contributed by atoms with Crippen molar-refractivity contribution in [2.45, 2.75) is 27.0 Å². The highest BCUT2D eigenvalue weighted by molar-refractivity contribution is 5.83. The highest BCUT2D eigenvalue weighted by Crippen LogP contribution is 2.04. The van der Waals surface area contributed by atoms with Crippen LogP contribution in [-0.2, 0) is 4.84 Å². The molecule has 0 saturated heterocycles. The maximum atomic E-state index is 4.97. The first-order valence-electron chi connectivity index (χ1n) is 3.19. The number of aliphatic imine (C=N–C) groups is 1. The molecule has 1 aliphatic rings. The molecule has 1 atom stereocenters. The second kappa shape index (κ2) is 2.35. The Balaban J connectivity index is 2.52. The van der Waals surface area contributed by atoms with E-state index >= 15 is 0 Å². The fourth-order valence-corrected chi connectivity index (χ4v) is 0.661. The largest absolute Gasteiger partial charge is 0.251 e. The molecular formula is C6H12N2O. The molecule has 1 aliphatic heterocycles. The Morgan fingerprint density at radius 3 is 2.56 bits per heavy atom. The minimum atomic E-state index is -0.0117. The third kappa shape index (κ3) is 1.42. The quantitative estimate of drug-likeness (QED) is 0.569. The third-order valence-electron chi connectivity index (χ3n) is 1.20. The van der Waals surface area contributed by atoms with Gasteiger partial charge in [0.1, 0.15) is 5.84 Å². The van der Waals surface area contributed by atoms with Crippen molar-refractivity contribution in [1.82, 2.24) is 5.48 Å². The minimum Gasteiger partial charge on any atom is -0.251 e. The molecule has 1 unspecified atom stereocenters. The summed E-state index contributed by atoms with van der Waals surface area (Å²) in [6.07, 6.45) is -0.0117.